The number of Topliss-reactive ketones (excluding diaryl/α,β-unsaturated/α-hetero) is 1. The molecule has 0 aliphatic heterocycles. The highest BCUT2D eigenvalue weighted by atomic mass is 16.2. The van der Waals surface area contributed by atoms with Gasteiger partial charge in [0.2, 0.25) is 0 Å². The summed E-state index contributed by atoms with van der Waals surface area (Å²) in [5.41, 5.74) is 4.87. The van der Waals surface area contributed by atoms with Crippen molar-refractivity contribution in [3.8, 4) is 0 Å². The van der Waals surface area contributed by atoms with E-state index >= 15 is 0 Å². The van der Waals surface area contributed by atoms with Gasteiger partial charge in [-0.15, -0.1) is 0 Å². The molecule has 1 heterocycles. The maximum Gasteiger partial charge on any atom is 0.326 e. The van der Waals surface area contributed by atoms with E-state index in [9.17, 15) is 14.4 Å². The van der Waals surface area contributed by atoms with Gasteiger partial charge in [-0.1, -0.05) is 88.4 Å². The average molecular weight is 719 g/mol. The number of urea groups is 1. The number of carbonyl (C=O) groups excluding carboxylic acids is 2. The lowest BCUT2D eigenvalue weighted by atomic mass is 9.54. The molecule has 8 fully saturated rings. The van der Waals surface area contributed by atoms with Gasteiger partial charge in [0.15, 0.2) is 5.78 Å². The maximum absolute atomic E-state index is 13.1. The molecule has 0 saturated heterocycles. The molecule has 284 valence electrons. The molecule has 7 heteroatoms. The Morgan fingerprint density at radius 2 is 1.19 bits per heavy atom. The molecule has 8 saturated carbocycles. The van der Waals surface area contributed by atoms with Gasteiger partial charge in [-0.2, -0.15) is 0 Å². The Labute approximate surface area is 316 Å². The summed E-state index contributed by atoms with van der Waals surface area (Å²) in [6, 6.07) is 20.6. The summed E-state index contributed by atoms with van der Waals surface area (Å²) in [6.07, 6.45) is 14.7. The van der Waals surface area contributed by atoms with Crippen LogP contribution in [-0.4, -0.2) is 33.4 Å². The van der Waals surface area contributed by atoms with Crippen LogP contribution in [0.5, 0.6) is 0 Å². The molecule has 3 N–H and O–H groups in total. The van der Waals surface area contributed by atoms with Crippen molar-refractivity contribution in [1.29, 1.82) is 0 Å². The normalized spacial score (nSPS) is 32.4. The zero-order chi connectivity index (χ0) is 36.8. The minimum atomic E-state index is -0.468. The van der Waals surface area contributed by atoms with E-state index in [4.69, 9.17) is 0 Å². The molecule has 8 aliphatic rings. The molecule has 0 radical (unpaired) electrons. The summed E-state index contributed by atoms with van der Waals surface area (Å²) < 4.78 is 2.22. The predicted molar refractivity (Wildman–Crippen MR) is 211 cm³/mol. The van der Waals surface area contributed by atoms with Crippen LogP contribution < -0.4 is 16.3 Å². The van der Waals surface area contributed by atoms with Crippen molar-refractivity contribution in [1.82, 2.24) is 20.2 Å². The van der Waals surface area contributed by atoms with Gasteiger partial charge < -0.3 is 15.6 Å². The molecule has 8 aliphatic carbocycles. The third kappa shape index (κ3) is 7.69. The monoisotopic (exact) mass is 718 g/mol. The lowest BCUT2D eigenvalue weighted by Gasteiger charge is -2.54. The first-order valence-corrected chi connectivity index (χ1v) is 21.1. The molecule has 7 nitrogen and oxygen atoms in total. The van der Waals surface area contributed by atoms with E-state index in [1.54, 1.807) is 0 Å². The van der Waals surface area contributed by atoms with Crippen molar-refractivity contribution < 1.29 is 9.59 Å². The van der Waals surface area contributed by atoms with Crippen molar-refractivity contribution in [2.45, 2.75) is 129 Å². The second-order valence-corrected chi connectivity index (χ2v) is 18.8. The van der Waals surface area contributed by atoms with Crippen molar-refractivity contribution in [2.24, 2.45) is 53.3 Å². The number of hydrogen-bond donors (Lipinski definition) is 3. The number of aromatic amines is 1. The van der Waals surface area contributed by atoms with Crippen LogP contribution in [0.15, 0.2) is 65.5 Å². The van der Waals surface area contributed by atoms with Crippen LogP contribution >= 0.6 is 0 Å². The zero-order valence-corrected chi connectivity index (χ0v) is 32.4. The van der Waals surface area contributed by atoms with Gasteiger partial charge in [0, 0.05) is 35.8 Å². The van der Waals surface area contributed by atoms with Gasteiger partial charge in [-0.05, 0) is 135 Å². The van der Waals surface area contributed by atoms with Gasteiger partial charge in [-0.25, -0.2) is 9.59 Å². The Hall–Kier alpha value is -3.61. The largest absolute Gasteiger partial charge is 0.335 e. The van der Waals surface area contributed by atoms with E-state index in [-0.39, 0.29) is 23.4 Å². The number of ketones is 1. The summed E-state index contributed by atoms with van der Waals surface area (Å²) in [6.45, 7) is 8.28. The fourth-order valence-electron chi connectivity index (χ4n) is 12.7. The minimum Gasteiger partial charge on any atom is -0.335 e. The summed E-state index contributed by atoms with van der Waals surface area (Å²) >= 11 is 0. The molecule has 0 spiro atoms. The van der Waals surface area contributed by atoms with E-state index in [1.165, 1.54) is 75.5 Å². The second-order valence-electron chi connectivity index (χ2n) is 18.8. The van der Waals surface area contributed by atoms with Crippen LogP contribution in [0, 0.1) is 53.3 Å². The Kier molecular flexibility index (Phi) is 10.5. The first-order valence-electron chi connectivity index (χ1n) is 21.1. The van der Waals surface area contributed by atoms with Crippen LogP contribution in [0.4, 0.5) is 4.79 Å². The van der Waals surface area contributed by atoms with Gasteiger partial charge in [0.1, 0.15) is 0 Å². The van der Waals surface area contributed by atoms with Crippen LogP contribution in [-0.2, 0) is 17.6 Å². The lowest BCUT2D eigenvalue weighted by molar-refractivity contribution is -0.123. The quantitative estimate of drug-likeness (QED) is 0.196. The molecule has 8 bridgehead atoms. The minimum absolute atomic E-state index is 0.0964. The zero-order valence-electron chi connectivity index (χ0n) is 32.4. The number of H-pyrrole nitrogens is 1. The van der Waals surface area contributed by atoms with E-state index < -0.39 is 6.04 Å². The Morgan fingerprint density at radius 3 is 1.68 bits per heavy atom. The molecule has 2 aromatic carbocycles. The van der Waals surface area contributed by atoms with E-state index in [1.807, 2.05) is 44.2 Å². The fourth-order valence-corrected chi connectivity index (χ4v) is 12.7. The highest BCUT2D eigenvalue weighted by Gasteiger charge is 2.51. The van der Waals surface area contributed by atoms with Crippen molar-refractivity contribution >= 4 is 11.8 Å². The number of nitrogens with one attached hydrogen (secondary N) is 3. The lowest BCUT2D eigenvalue weighted by Crippen LogP contribution is -2.59. The number of aromatic nitrogens is 2. The van der Waals surface area contributed by atoms with Crippen molar-refractivity contribution in [3.63, 3.8) is 0 Å². The number of imidazole rings is 1. The SMILES string of the molecule is CC(C)C(=O)C(Cc1ccccc1)NC(=O)NC1C2CC3CC(C2)CC1C3.CC(C)c1c(Cc2ccccc2)[nH]c(=O)n1C1C2CC3CC(C2)CC1C3. The molecular formula is C46H62N4O3. The third-order valence-corrected chi connectivity index (χ3v) is 14.3. The molecule has 2 amide bonds. The molecule has 11 rings (SSSR count). The number of carbonyl (C=O) groups is 2. The van der Waals surface area contributed by atoms with Crippen LogP contribution in [0.3, 0.4) is 0 Å². The number of nitrogens with zero attached hydrogens (tertiary/aromatic N) is 1. The first kappa shape index (κ1) is 36.4. The van der Waals surface area contributed by atoms with E-state index in [0.29, 0.717) is 36.3 Å². The van der Waals surface area contributed by atoms with Gasteiger partial charge in [-0.3, -0.25) is 9.36 Å². The summed E-state index contributed by atoms with van der Waals surface area (Å²) in [5.74, 6) is 6.75. The Bertz CT molecular complexity index is 1740. The van der Waals surface area contributed by atoms with Gasteiger partial charge >= 0.3 is 11.7 Å². The number of amides is 2. The number of benzene rings is 2. The molecule has 53 heavy (non-hydrogen) atoms. The van der Waals surface area contributed by atoms with Crippen LogP contribution in [0.2, 0.25) is 0 Å². The highest BCUT2D eigenvalue weighted by molar-refractivity contribution is 5.90. The molecule has 1 unspecified atom stereocenters. The van der Waals surface area contributed by atoms with E-state index in [2.05, 4.69) is 64.4 Å². The molecule has 1 aromatic heterocycles. The van der Waals surface area contributed by atoms with Crippen molar-refractivity contribution in [2.75, 3.05) is 0 Å². The second kappa shape index (κ2) is 15.3. The fraction of sp³-hybridized carbons (Fsp3) is 0.630. The van der Waals surface area contributed by atoms with E-state index in [0.717, 1.165) is 53.2 Å². The summed E-state index contributed by atoms with van der Waals surface area (Å²) in [4.78, 5) is 41.8. The van der Waals surface area contributed by atoms with Gasteiger partial charge in [0.05, 0.1) is 6.04 Å². The topological polar surface area (TPSA) is 96.0 Å². The predicted octanol–water partition coefficient (Wildman–Crippen LogP) is 8.83. The van der Waals surface area contributed by atoms with Crippen molar-refractivity contribution in [3.05, 3.63) is 93.7 Å². The number of rotatable bonds is 10. The smallest absolute Gasteiger partial charge is 0.326 e. The molecule has 1 atom stereocenters. The maximum atomic E-state index is 13.1. The highest BCUT2D eigenvalue weighted by Crippen LogP contribution is 2.58. The average Bonchev–Trinajstić information content (AvgIpc) is 3.44. The van der Waals surface area contributed by atoms with Crippen LogP contribution in [0.25, 0.3) is 0 Å². The summed E-state index contributed by atoms with van der Waals surface area (Å²) in [5, 5.41) is 6.28. The standard InChI is InChI=1S/C23H32N2O2.C23H30N2O/c1-14(2)22(26)20(13-15-6-4-3-5-7-15)24-23(27)25-21-18-9-16-8-17(11-18)12-19(21)10-16;1-14(2)21-20(13-15-6-4-3-5-7-15)24-23(26)25(21)22-18-9-16-8-17(11-18)12-19(22)10-16/h3-7,14,16-21H,8-13H2,1-2H3,(H2,24,25,27);3-7,14,16-19,22H,8-13H2,1-2H3,(H,24,26). The Balaban J connectivity index is 0.000000151. The first-order chi connectivity index (χ1) is 25.6. The Morgan fingerprint density at radius 1 is 0.698 bits per heavy atom. The third-order valence-electron chi connectivity index (χ3n) is 14.3. The van der Waals surface area contributed by atoms with Gasteiger partial charge in [0.25, 0.3) is 0 Å². The summed E-state index contributed by atoms with van der Waals surface area (Å²) in [7, 11) is 0. The number of hydrogen-bond acceptors (Lipinski definition) is 3. The molecular weight excluding hydrogens is 657 g/mol. The molecule has 3 aromatic rings. The van der Waals surface area contributed by atoms with Crippen LogP contribution in [0.1, 0.15) is 126 Å².